The molecule has 0 radical (unpaired) electrons. The molecule has 4 rings (SSSR count). The van der Waals surface area contributed by atoms with Crippen LogP contribution in [0.4, 0.5) is 4.79 Å². The van der Waals surface area contributed by atoms with E-state index in [4.69, 9.17) is 19.6 Å². The molecule has 3 aromatic rings. The number of carbonyl (C=O) groups is 1. The molecule has 0 aliphatic carbocycles. The third-order valence-electron chi connectivity index (χ3n) is 4.63. The summed E-state index contributed by atoms with van der Waals surface area (Å²) in [5.41, 5.74) is 8.55. The van der Waals surface area contributed by atoms with E-state index in [1.54, 1.807) is 6.26 Å². The Bertz CT molecular complexity index is 957. The number of nitrogens with two attached hydrogens (primary N) is 1. The van der Waals surface area contributed by atoms with Crippen LogP contribution in [0.1, 0.15) is 25.5 Å². The number of benzene rings is 2. The molecule has 1 atom stereocenters. The predicted octanol–water partition coefficient (Wildman–Crippen LogP) is 4.65. The summed E-state index contributed by atoms with van der Waals surface area (Å²) >= 11 is 0. The molecule has 25 heavy (non-hydrogen) atoms. The first-order valence-electron chi connectivity index (χ1n) is 8.15. The number of amides is 1. The molecule has 0 bridgehead atoms. The van der Waals surface area contributed by atoms with Gasteiger partial charge in [-0.2, -0.15) is 0 Å². The lowest BCUT2D eigenvalue weighted by atomic mass is 9.80. The lowest BCUT2D eigenvalue weighted by molar-refractivity contribution is -0.0176. The molecule has 2 aromatic carbocycles. The first kappa shape index (κ1) is 15.6. The zero-order chi connectivity index (χ0) is 17.6. The number of primary amides is 1. The van der Waals surface area contributed by atoms with E-state index in [-0.39, 0.29) is 5.41 Å². The van der Waals surface area contributed by atoms with Gasteiger partial charge in [-0.05, 0) is 17.7 Å². The van der Waals surface area contributed by atoms with Gasteiger partial charge >= 0.3 is 6.09 Å². The minimum absolute atomic E-state index is 0.355. The second-order valence-corrected chi connectivity index (χ2v) is 6.99. The summed E-state index contributed by atoms with van der Waals surface area (Å²) < 4.78 is 16.9. The number of hydrogen-bond acceptors (Lipinski definition) is 4. The maximum atomic E-state index is 11.3. The molecule has 2 N–H and O–H groups in total. The largest absolute Gasteiger partial charge is 0.492 e. The van der Waals surface area contributed by atoms with E-state index >= 15 is 0 Å². The lowest BCUT2D eigenvalue weighted by Gasteiger charge is -2.38. The Morgan fingerprint density at radius 2 is 2.04 bits per heavy atom. The monoisotopic (exact) mass is 337 g/mol. The molecule has 5 heteroatoms. The molecule has 1 amide bonds. The highest BCUT2D eigenvalue weighted by atomic mass is 16.6. The fraction of sp³-hybridized carbons (Fsp3) is 0.250. The molecular formula is C20H19NO4. The van der Waals surface area contributed by atoms with Crippen molar-refractivity contribution < 1.29 is 18.7 Å². The van der Waals surface area contributed by atoms with Gasteiger partial charge in [-0.1, -0.05) is 44.2 Å². The zero-order valence-electron chi connectivity index (χ0n) is 14.1. The van der Waals surface area contributed by atoms with Crippen molar-refractivity contribution in [2.45, 2.75) is 20.0 Å². The Morgan fingerprint density at radius 3 is 2.84 bits per heavy atom. The third-order valence-corrected chi connectivity index (χ3v) is 4.63. The van der Waals surface area contributed by atoms with Crippen LogP contribution < -0.4 is 10.5 Å². The molecule has 2 heterocycles. The van der Waals surface area contributed by atoms with Crippen LogP contribution in [0, 0.1) is 5.41 Å². The lowest BCUT2D eigenvalue weighted by Crippen LogP contribution is -2.37. The molecular weight excluding hydrogens is 318 g/mol. The minimum atomic E-state index is -0.782. The first-order chi connectivity index (χ1) is 12.0. The summed E-state index contributed by atoms with van der Waals surface area (Å²) in [6.45, 7) is 4.41. The Balaban J connectivity index is 1.79. The van der Waals surface area contributed by atoms with E-state index in [1.165, 1.54) is 0 Å². The summed E-state index contributed by atoms with van der Waals surface area (Å²) in [7, 11) is 0. The normalized spacial score (nSPS) is 18.4. The SMILES string of the molecule is CC1(C)COc2cc(-c3coc4ccccc34)ccc2C1OC(N)=O. The van der Waals surface area contributed by atoms with E-state index in [0.717, 1.165) is 27.7 Å². The van der Waals surface area contributed by atoms with Crippen LogP contribution >= 0.6 is 0 Å². The topological polar surface area (TPSA) is 74.7 Å². The zero-order valence-corrected chi connectivity index (χ0v) is 14.1. The van der Waals surface area contributed by atoms with Gasteiger partial charge in [-0.25, -0.2) is 4.79 Å². The molecule has 5 nitrogen and oxygen atoms in total. The number of fused-ring (bicyclic) bond motifs is 2. The summed E-state index contributed by atoms with van der Waals surface area (Å²) in [6.07, 6.45) is 0.524. The third kappa shape index (κ3) is 2.61. The number of ether oxygens (including phenoxy) is 2. The molecule has 1 aliphatic heterocycles. The minimum Gasteiger partial charge on any atom is -0.492 e. The van der Waals surface area contributed by atoms with Crippen molar-refractivity contribution in [3.05, 3.63) is 54.3 Å². The summed E-state index contributed by atoms with van der Waals surface area (Å²) in [6, 6.07) is 13.8. The van der Waals surface area contributed by atoms with Crippen molar-refractivity contribution in [2.75, 3.05) is 6.61 Å². The molecule has 0 saturated heterocycles. The number of carbonyl (C=O) groups excluding carboxylic acids is 1. The van der Waals surface area contributed by atoms with Gasteiger partial charge in [0.05, 0.1) is 12.9 Å². The number of furan rings is 1. The van der Waals surface area contributed by atoms with E-state index in [9.17, 15) is 4.79 Å². The van der Waals surface area contributed by atoms with Crippen molar-refractivity contribution in [2.24, 2.45) is 11.1 Å². The van der Waals surface area contributed by atoms with Crippen LogP contribution in [0.25, 0.3) is 22.1 Å². The Hall–Kier alpha value is -2.95. The van der Waals surface area contributed by atoms with Gasteiger partial charge in [-0.15, -0.1) is 0 Å². The molecule has 0 saturated carbocycles. The van der Waals surface area contributed by atoms with Crippen molar-refractivity contribution in [3.8, 4) is 16.9 Å². The fourth-order valence-electron chi connectivity index (χ4n) is 3.34. The molecule has 1 unspecified atom stereocenters. The van der Waals surface area contributed by atoms with Crippen LogP contribution in [0.3, 0.4) is 0 Å². The molecule has 1 aromatic heterocycles. The van der Waals surface area contributed by atoms with E-state index in [2.05, 4.69) is 0 Å². The Labute approximate surface area is 145 Å². The average molecular weight is 337 g/mol. The molecule has 1 aliphatic rings. The first-order valence-corrected chi connectivity index (χ1v) is 8.15. The van der Waals surface area contributed by atoms with Crippen molar-refractivity contribution in [3.63, 3.8) is 0 Å². The van der Waals surface area contributed by atoms with Crippen LogP contribution in [-0.4, -0.2) is 12.7 Å². The van der Waals surface area contributed by atoms with Crippen LogP contribution in [0.5, 0.6) is 5.75 Å². The van der Waals surface area contributed by atoms with E-state index < -0.39 is 12.2 Å². The average Bonchev–Trinajstić information content (AvgIpc) is 3.01. The standard InChI is InChI=1S/C20H19NO4/c1-20(2)11-24-17-9-12(7-8-14(17)18(20)25-19(21)22)15-10-23-16-6-4-3-5-13(15)16/h3-10,18H,11H2,1-2H3,(H2,21,22). The number of para-hydroxylation sites is 1. The van der Waals surface area contributed by atoms with Gasteiger partial charge in [0.1, 0.15) is 17.4 Å². The highest BCUT2D eigenvalue weighted by Gasteiger charge is 2.40. The van der Waals surface area contributed by atoms with Gasteiger partial charge in [0, 0.05) is 21.9 Å². The summed E-state index contributed by atoms with van der Waals surface area (Å²) in [5.74, 6) is 0.702. The van der Waals surface area contributed by atoms with Crippen LogP contribution in [0.15, 0.2) is 53.1 Å². The highest BCUT2D eigenvalue weighted by molar-refractivity contribution is 5.94. The Morgan fingerprint density at radius 1 is 1.24 bits per heavy atom. The fourth-order valence-corrected chi connectivity index (χ4v) is 3.34. The van der Waals surface area contributed by atoms with Gasteiger partial charge in [0.25, 0.3) is 0 Å². The van der Waals surface area contributed by atoms with E-state index in [1.807, 2.05) is 56.3 Å². The molecule has 0 spiro atoms. The quantitative estimate of drug-likeness (QED) is 0.738. The maximum Gasteiger partial charge on any atom is 0.405 e. The van der Waals surface area contributed by atoms with Crippen LogP contribution in [-0.2, 0) is 4.74 Å². The van der Waals surface area contributed by atoms with Gasteiger partial charge in [0.15, 0.2) is 0 Å². The van der Waals surface area contributed by atoms with Crippen LogP contribution in [0.2, 0.25) is 0 Å². The van der Waals surface area contributed by atoms with Crippen molar-refractivity contribution in [1.29, 1.82) is 0 Å². The van der Waals surface area contributed by atoms with Gasteiger partial charge in [0.2, 0.25) is 0 Å². The summed E-state index contributed by atoms with van der Waals surface area (Å²) in [4.78, 5) is 11.3. The smallest absolute Gasteiger partial charge is 0.405 e. The number of rotatable bonds is 2. The van der Waals surface area contributed by atoms with Gasteiger partial charge < -0.3 is 19.6 Å². The summed E-state index contributed by atoms with van der Waals surface area (Å²) in [5, 5.41) is 1.04. The van der Waals surface area contributed by atoms with E-state index in [0.29, 0.717) is 12.4 Å². The molecule has 128 valence electrons. The maximum absolute atomic E-state index is 11.3. The van der Waals surface area contributed by atoms with Crippen molar-refractivity contribution >= 4 is 17.1 Å². The second-order valence-electron chi connectivity index (χ2n) is 6.99. The van der Waals surface area contributed by atoms with Crippen molar-refractivity contribution in [1.82, 2.24) is 0 Å². The predicted molar refractivity (Wildman–Crippen MR) is 94.3 cm³/mol. The Kier molecular flexibility index (Phi) is 3.46. The molecule has 0 fully saturated rings. The number of hydrogen-bond donors (Lipinski definition) is 1. The van der Waals surface area contributed by atoms with Gasteiger partial charge in [-0.3, -0.25) is 0 Å². The second kappa shape index (κ2) is 5.55. The highest BCUT2D eigenvalue weighted by Crippen LogP contribution is 2.46.